The van der Waals surface area contributed by atoms with Crippen LogP contribution in [-0.2, 0) is 4.79 Å². The molecule has 4 nitrogen and oxygen atoms in total. The zero-order chi connectivity index (χ0) is 14.7. The molecule has 0 bridgehead atoms. The fraction of sp³-hybridized carbons (Fsp3) is 0.0625. The number of ether oxygens (including phenoxy) is 2. The summed E-state index contributed by atoms with van der Waals surface area (Å²) in [5.74, 6) is 1.18. The van der Waals surface area contributed by atoms with E-state index in [1.807, 2.05) is 18.2 Å². The summed E-state index contributed by atoms with van der Waals surface area (Å²) in [5, 5.41) is 3.32. The summed E-state index contributed by atoms with van der Waals surface area (Å²) in [6.07, 6.45) is 3.17. The van der Waals surface area contributed by atoms with Crippen molar-refractivity contribution in [3.63, 3.8) is 0 Å². The molecule has 2 aromatic carbocycles. The number of carbonyl (C=O) groups excluding carboxylic acids is 1. The second-order valence-electron chi connectivity index (χ2n) is 4.45. The summed E-state index contributed by atoms with van der Waals surface area (Å²) in [6.45, 7) is 0.234. The Balaban J connectivity index is 1.67. The maximum Gasteiger partial charge on any atom is 0.248 e. The molecule has 3 rings (SSSR count). The topological polar surface area (TPSA) is 47.6 Å². The lowest BCUT2D eigenvalue weighted by Crippen LogP contribution is -2.07. The van der Waals surface area contributed by atoms with Crippen LogP contribution in [0.15, 0.2) is 48.5 Å². The van der Waals surface area contributed by atoms with Crippen LogP contribution in [0.25, 0.3) is 6.08 Å². The van der Waals surface area contributed by atoms with Gasteiger partial charge < -0.3 is 14.8 Å². The Bertz CT molecular complexity index is 712. The summed E-state index contributed by atoms with van der Waals surface area (Å²) in [4.78, 5) is 11.8. The Labute approximate surface area is 126 Å². The van der Waals surface area contributed by atoms with Crippen molar-refractivity contribution in [2.24, 2.45) is 0 Å². The SMILES string of the molecule is O=C(/C=C/c1ccc2c(c1)OCO2)Nc1cccc(Cl)c1. The van der Waals surface area contributed by atoms with E-state index < -0.39 is 0 Å². The lowest BCUT2D eigenvalue weighted by atomic mass is 10.2. The molecule has 106 valence electrons. The molecule has 0 aromatic heterocycles. The van der Waals surface area contributed by atoms with E-state index in [1.54, 1.807) is 30.3 Å². The lowest BCUT2D eigenvalue weighted by molar-refractivity contribution is -0.111. The van der Waals surface area contributed by atoms with Crippen LogP contribution in [-0.4, -0.2) is 12.7 Å². The third kappa shape index (κ3) is 3.35. The van der Waals surface area contributed by atoms with Crippen molar-refractivity contribution in [1.29, 1.82) is 0 Å². The summed E-state index contributed by atoms with van der Waals surface area (Å²) in [6, 6.07) is 12.5. The number of benzene rings is 2. The number of nitrogens with one attached hydrogen (secondary N) is 1. The maximum atomic E-state index is 11.8. The average Bonchev–Trinajstić information content (AvgIpc) is 2.92. The minimum absolute atomic E-state index is 0.227. The smallest absolute Gasteiger partial charge is 0.248 e. The first-order valence-electron chi connectivity index (χ1n) is 6.35. The molecule has 0 saturated heterocycles. The van der Waals surface area contributed by atoms with Gasteiger partial charge in [-0.1, -0.05) is 23.7 Å². The van der Waals surface area contributed by atoms with Crippen LogP contribution in [0.5, 0.6) is 11.5 Å². The van der Waals surface area contributed by atoms with Crippen LogP contribution in [0.1, 0.15) is 5.56 Å². The van der Waals surface area contributed by atoms with E-state index in [4.69, 9.17) is 21.1 Å². The Hall–Kier alpha value is -2.46. The van der Waals surface area contributed by atoms with Gasteiger partial charge >= 0.3 is 0 Å². The molecule has 0 unspecified atom stereocenters. The third-order valence-corrected chi connectivity index (χ3v) is 3.15. The second-order valence-corrected chi connectivity index (χ2v) is 4.88. The molecule has 1 aliphatic heterocycles. The fourth-order valence-electron chi connectivity index (χ4n) is 1.94. The van der Waals surface area contributed by atoms with Crippen LogP contribution in [0.4, 0.5) is 5.69 Å². The molecule has 0 aliphatic carbocycles. The Kier molecular flexibility index (Phi) is 3.79. The molecule has 2 aromatic rings. The van der Waals surface area contributed by atoms with E-state index >= 15 is 0 Å². The van der Waals surface area contributed by atoms with Gasteiger partial charge in [0.2, 0.25) is 12.7 Å². The first-order valence-corrected chi connectivity index (χ1v) is 6.73. The zero-order valence-electron chi connectivity index (χ0n) is 11.0. The number of hydrogen-bond donors (Lipinski definition) is 1. The molecule has 1 N–H and O–H groups in total. The van der Waals surface area contributed by atoms with Crippen LogP contribution >= 0.6 is 11.6 Å². The molecular formula is C16H12ClNO3. The van der Waals surface area contributed by atoms with E-state index in [0.717, 1.165) is 11.3 Å². The first kappa shape index (κ1) is 13.5. The van der Waals surface area contributed by atoms with E-state index in [0.29, 0.717) is 16.5 Å². The minimum atomic E-state index is -0.227. The highest BCUT2D eigenvalue weighted by Gasteiger charge is 2.12. The highest BCUT2D eigenvalue weighted by molar-refractivity contribution is 6.30. The van der Waals surface area contributed by atoms with Crippen molar-refractivity contribution in [1.82, 2.24) is 0 Å². The van der Waals surface area contributed by atoms with Gasteiger partial charge in [0.1, 0.15) is 0 Å². The molecule has 1 heterocycles. The van der Waals surface area contributed by atoms with Crippen molar-refractivity contribution >= 4 is 29.3 Å². The van der Waals surface area contributed by atoms with Crippen molar-refractivity contribution in [2.75, 3.05) is 12.1 Å². The van der Waals surface area contributed by atoms with Crippen LogP contribution < -0.4 is 14.8 Å². The summed E-state index contributed by atoms with van der Waals surface area (Å²) in [7, 11) is 0. The molecule has 1 aliphatic rings. The number of anilines is 1. The van der Waals surface area contributed by atoms with E-state index in [1.165, 1.54) is 6.08 Å². The fourth-order valence-corrected chi connectivity index (χ4v) is 2.13. The molecular weight excluding hydrogens is 290 g/mol. The van der Waals surface area contributed by atoms with E-state index in [-0.39, 0.29) is 12.7 Å². The standard InChI is InChI=1S/C16H12ClNO3/c17-12-2-1-3-13(9-12)18-16(19)7-5-11-4-6-14-15(8-11)21-10-20-14/h1-9H,10H2,(H,18,19)/b7-5+. The number of hydrogen-bond acceptors (Lipinski definition) is 3. The molecule has 0 atom stereocenters. The Morgan fingerprint density at radius 1 is 1.14 bits per heavy atom. The van der Waals surface area contributed by atoms with Crippen LogP contribution in [0.2, 0.25) is 5.02 Å². The predicted molar refractivity (Wildman–Crippen MR) is 81.7 cm³/mol. The van der Waals surface area contributed by atoms with Gasteiger partial charge in [0.15, 0.2) is 11.5 Å². The number of amides is 1. The predicted octanol–water partition coefficient (Wildman–Crippen LogP) is 3.72. The first-order chi connectivity index (χ1) is 10.2. The molecule has 0 fully saturated rings. The number of carbonyl (C=O) groups is 1. The van der Waals surface area contributed by atoms with Gasteiger partial charge in [-0.25, -0.2) is 0 Å². The van der Waals surface area contributed by atoms with Crippen molar-refractivity contribution < 1.29 is 14.3 Å². The summed E-state index contributed by atoms with van der Waals surface area (Å²) >= 11 is 5.86. The highest BCUT2D eigenvalue weighted by Crippen LogP contribution is 2.32. The largest absolute Gasteiger partial charge is 0.454 e. The maximum absolute atomic E-state index is 11.8. The third-order valence-electron chi connectivity index (χ3n) is 2.92. The Morgan fingerprint density at radius 3 is 2.86 bits per heavy atom. The quantitative estimate of drug-likeness (QED) is 0.879. The van der Waals surface area contributed by atoms with Gasteiger partial charge in [0, 0.05) is 16.8 Å². The normalized spacial score (nSPS) is 12.6. The number of rotatable bonds is 3. The average molecular weight is 302 g/mol. The number of fused-ring (bicyclic) bond motifs is 1. The van der Waals surface area contributed by atoms with Crippen molar-refractivity contribution in [2.45, 2.75) is 0 Å². The second kappa shape index (κ2) is 5.89. The van der Waals surface area contributed by atoms with Gasteiger partial charge in [-0.15, -0.1) is 0 Å². The highest BCUT2D eigenvalue weighted by atomic mass is 35.5. The summed E-state index contributed by atoms with van der Waals surface area (Å²) in [5.41, 5.74) is 1.52. The molecule has 21 heavy (non-hydrogen) atoms. The molecule has 5 heteroatoms. The van der Waals surface area contributed by atoms with Gasteiger partial charge in [0.05, 0.1) is 0 Å². The van der Waals surface area contributed by atoms with Gasteiger partial charge in [-0.2, -0.15) is 0 Å². The molecule has 0 saturated carbocycles. The minimum Gasteiger partial charge on any atom is -0.454 e. The lowest BCUT2D eigenvalue weighted by Gasteiger charge is -2.02. The monoisotopic (exact) mass is 301 g/mol. The van der Waals surface area contributed by atoms with Crippen LogP contribution in [0, 0.1) is 0 Å². The van der Waals surface area contributed by atoms with Gasteiger partial charge in [-0.05, 0) is 42.0 Å². The number of halogens is 1. The van der Waals surface area contributed by atoms with E-state index in [2.05, 4.69) is 5.32 Å². The van der Waals surface area contributed by atoms with Crippen molar-refractivity contribution in [3.05, 3.63) is 59.1 Å². The van der Waals surface area contributed by atoms with Gasteiger partial charge in [-0.3, -0.25) is 4.79 Å². The van der Waals surface area contributed by atoms with E-state index in [9.17, 15) is 4.79 Å². The van der Waals surface area contributed by atoms with Crippen LogP contribution in [0.3, 0.4) is 0 Å². The molecule has 1 amide bonds. The van der Waals surface area contributed by atoms with Crippen molar-refractivity contribution in [3.8, 4) is 11.5 Å². The molecule has 0 spiro atoms. The Morgan fingerprint density at radius 2 is 2.00 bits per heavy atom. The van der Waals surface area contributed by atoms with Gasteiger partial charge in [0.25, 0.3) is 0 Å². The zero-order valence-corrected chi connectivity index (χ0v) is 11.8. The summed E-state index contributed by atoms with van der Waals surface area (Å²) < 4.78 is 10.5. The molecule has 0 radical (unpaired) electrons.